The SMILES string of the molecule is [2H]C([2H])([2H])n1ncnc1COc1nn2c(-c3ccccc3F)nnc2cc1C(C([2H])([2H])[2H])(C([2H])([2H])[2H])C([2H])([2H])[2H]. The second-order valence-electron chi connectivity index (χ2n) is 5.76. The number of rotatable bonds is 4. The summed E-state index contributed by atoms with van der Waals surface area (Å²) in [6, 6.07) is 6.22. The Bertz CT molecular complexity index is 1500. The lowest BCUT2D eigenvalue weighted by atomic mass is 9.88. The highest BCUT2D eigenvalue weighted by Gasteiger charge is 2.24. The van der Waals surface area contributed by atoms with Crippen LogP contribution in [0.1, 0.15) is 48.4 Å². The molecule has 9 heteroatoms. The Balaban J connectivity index is 2.03. The Kier molecular flexibility index (Phi) is 2.09. The van der Waals surface area contributed by atoms with Crippen LogP contribution in [0.25, 0.3) is 17.0 Å². The van der Waals surface area contributed by atoms with E-state index < -0.39 is 56.8 Å². The molecular formula is C19H20FN7O. The lowest BCUT2D eigenvalue weighted by Gasteiger charge is -2.21. The third-order valence-corrected chi connectivity index (χ3v) is 3.83. The fourth-order valence-electron chi connectivity index (χ4n) is 2.50. The number of hydrogen-bond acceptors (Lipinski definition) is 6. The van der Waals surface area contributed by atoms with E-state index in [1.165, 1.54) is 18.2 Å². The van der Waals surface area contributed by atoms with Crippen molar-refractivity contribution in [1.29, 1.82) is 0 Å². The van der Waals surface area contributed by atoms with Crippen LogP contribution in [-0.2, 0) is 19.0 Å². The van der Waals surface area contributed by atoms with Crippen LogP contribution in [0.2, 0.25) is 0 Å². The summed E-state index contributed by atoms with van der Waals surface area (Å²) in [4.78, 5) is 3.79. The summed E-state index contributed by atoms with van der Waals surface area (Å²) >= 11 is 0. The zero-order valence-electron chi connectivity index (χ0n) is 26.1. The topological polar surface area (TPSA) is 83.0 Å². The number of fused-ring (bicyclic) bond motifs is 1. The van der Waals surface area contributed by atoms with E-state index in [1.54, 1.807) is 0 Å². The highest BCUT2D eigenvalue weighted by atomic mass is 19.1. The van der Waals surface area contributed by atoms with Crippen LogP contribution in [0.15, 0.2) is 36.7 Å². The number of aryl methyl sites for hydroxylation is 1. The van der Waals surface area contributed by atoms with Gasteiger partial charge >= 0.3 is 0 Å². The molecular weight excluding hydrogens is 361 g/mol. The van der Waals surface area contributed by atoms with Crippen LogP contribution in [0.5, 0.6) is 5.88 Å². The van der Waals surface area contributed by atoms with E-state index in [9.17, 15) is 4.39 Å². The first-order valence-electron chi connectivity index (χ1n) is 13.8. The molecule has 0 unspecified atom stereocenters. The van der Waals surface area contributed by atoms with Crippen molar-refractivity contribution in [3.63, 3.8) is 0 Å². The molecule has 8 nitrogen and oxygen atoms in total. The minimum absolute atomic E-state index is 0.0860. The van der Waals surface area contributed by atoms with Crippen LogP contribution in [-0.4, -0.2) is 34.6 Å². The molecule has 0 saturated heterocycles. The molecule has 0 saturated carbocycles. The lowest BCUT2D eigenvalue weighted by Crippen LogP contribution is -2.17. The van der Waals surface area contributed by atoms with Crippen molar-refractivity contribution in [2.24, 2.45) is 6.98 Å². The molecule has 0 spiro atoms. The standard InChI is InChI=1S/C19H20FN7O/c1-19(2,3)13-9-15-23-24-17(12-7-5-6-8-14(12)20)27(15)25-18(13)28-10-16-21-11-22-26(16)4/h5-9,11H,10H2,1-4H3/i1D3,2D3,3D3,4D3. The van der Waals surface area contributed by atoms with E-state index in [4.69, 9.17) is 21.2 Å². The predicted molar refractivity (Wildman–Crippen MR) is 100 cm³/mol. The summed E-state index contributed by atoms with van der Waals surface area (Å²) in [5.74, 6) is -2.04. The van der Waals surface area contributed by atoms with Crippen molar-refractivity contribution in [3.8, 4) is 17.3 Å². The minimum Gasteiger partial charge on any atom is -0.468 e. The van der Waals surface area contributed by atoms with Crippen LogP contribution in [0.4, 0.5) is 4.39 Å². The second-order valence-corrected chi connectivity index (χ2v) is 5.76. The first-order valence-corrected chi connectivity index (χ1v) is 7.85. The van der Waals surface area contributed by atoms with Gasteiger partial charge in [-0.3, -0.25) is 4.68 Å². The third kappa shape index (κ3) is 3.19. The van der Waals surface area contributed by atoms with Crippen LogP contribution >= 0.6 is 0 Å². The quantitative estimate of drug-likeness (QED) is 0.530. The third-order valence-electron chi connectivity index (χ3n) is 3.83. The van der Waals surface area contributed by atoms with E-state index >= 15 is 0 Å². The van der Waals surface area contributed by atoms with Gasteiger partial charge in [0.1, 0.15) is 18.8 Å². The maximum atomic E-state index is 14.6. The first-order chi connectivity index (χ1) is 18.3. The van der Waals surface area contributed by atoms with Crippen molar-refractivity contribution in [2.75, 3.05) is 0 Å². The molecule has 0 aliphatic rings. The summed E-state index contributed by atoms with van der Waals surface area (Å²) in [6.45, 7) is -14.6. The molecule has 0 atom stereocenters. The molecule has 3 heterocycles. The number of ether oxygens (including phenoxy) is 1. The molecule has 0 aliphatic heterocycles. The van der Waals surface area contributed by atoms with Crippen molar-refractivity contribution >= 4 is 5.65 Å². The maximum absolute atomic E-state index is 14.6. The van der Waals surface area contributed by atoms with Gasteiger partial charge in [-0.2, -0.15) is 9.61 Å². The molecule has 3 aromatic heterocycles. The summed E-state index contributed by atoms with van der Waals surface area (Å²) in [5, 5.41) is 15.4. The van der Waals surface area contributed by atoms with Crippen LogP contribution in [0.3, 0.4) is 0 Å². The van der Waals surface area contributed by atoms with Gasteiger partial charge in [0.05, 0.1) is 5.56 Å². The normalized spacial score (nSPS) is 20.0. The summed E-state index contributed by atoms with van der Waals surface area (Å²) in [6.07, 6.45) is 0.913. The highest BCUT2D eigenvalue weighted by molar-refractivity contribution is 5.60. The second kappa shape index (κ2) is 6.66. The smallest absolute Gasteiger partial charge is 0.236 e. The maximum Gasteiger partial charge on any atom is 0.236 e. The fourth-order valence-corrected chi connectivity index (χ4v) is 2.50. The van der Waals surface area contributed by atoms with Crippen LogP contribution < -0.4 is 4.74 Å². The van der Waals surface area contributed by atoms with Gasteiger partial charge in [-0.1, -0.05) is 32.7 Å². The Labute approximate surface area is 177 Å². The van der Waals surface area contributed by atoms with Gasteiger partial charge in [-0.05, 0) is 23.6 Å². The average molecular weight is 393 g/mol. The minimum atomic E-state index is -3.69. The van der Waals surface area contributed by atoms with E-state index in [-0.39, 0.29) is 22.9 Å². The zero-order chi connectivity index (χ0) is 29.9. The highest BCUT2D eigenvalue weighted by Crippen LogP contribution is 2.32. The van der Waals surface area contributed by atoms with E-state index in [0.29, 0.717) is 4.68 Å². The van der Waals surface area contributed by atoms with Crippen molar-refractivity contribution < 1.29 is 25.6 Å². The number of aromatic nitrogens is 7. The first kappa shape index (κ1) is 8.76. The molecule has 0 radical (unpaired) electrons. The lowest BCUT2D eigenvalue weighted by molar-refractivity contribution is 0.266. The number of nitrogens with zero attached hydrogens (tertiary/aromatic N) is 7. The Morgan fingerprint density at radius 3 is 2.86 bits per heavy atom. The van der Waals surface area contributed by atoms with Crippen molar-refractivity contribution in [2.45, 2.75) is 32.6 Å². The molecule has 0 bridgehead atoms. The summed E-state index contributed by atoms with van der Waals surface area (Å²) in [5.41, 5.74) is -4.85. The Morgan fingerprint density at radius 1 is 1.21 bits per heavy atom. The fraction of sp³-hybridized carbons (Fsp3) is 0.316. The van der Waals surface area contributed by atoms with Gasteiger partial charge in [-0.25, -0.2) is 9.37 Å². The molecule has 4 aromatic rings. The number of benzene rings is 1. The average Bonchev–Trinajstić information content (AvgIpc) is 3.42. The van der Waals surface area contributed by atoms with Crippen LogP contribution in [0, 0.1) is 5.82 Å². The molecule has 28 heavy (non-hydrogen) atoms. The summed E-state index contributed by atoms with van der Waals surface area (Å²) in [7, 11) is 0. The van der Waals surface area contributed by atoms with Gasteiger partial charge < -0.3 is 4.74 Å². The number of hydrogen-bond donors (Lipinski definition) is 0. The molecule has 0 aliphatic carbocycles. The molecule has 1 aromatic carbocycles. The predicted octanol–water partition coefficient (Wildman–Crippen LogP) is 2.94. The Hall–Kier alpha value is -3.36. The number of halogens is 1. The van der Waals surface area contributed by atoms with Gasteiger partial charge in [0.15, 0.2) is 17.3 Å². The molecule has 0 fully saturated rings. The monoisotopic (exact) mass is 393 g/mol. The van der Waals surface area contributed by atoms with E-state index in [0.717, 1.165) is 23.0 Å². The van der Waals surface area contributed by atoms with Gasteiger partial charge in [0, 0.05) is 29.0 Å². The molecule has 0 N–H and O–H groups in total. The largest absolute Gasteiger partial charge is 0.468 e. The van der Waals surface area contributed by atoms with E-state index in [2.05, 4.69) is 25.4 Å². The molecule has 4 rings (SSSR count). The van der Waals surface area contributed by atoms with Gasteiger partial charge in [0.2, 0.25) is 5.88 Å². The van der Waals surface area contributed by atoms with Crippen molar-refractivity contribution in [1.82, 2.24) is 34.6 Å². The van der Waals surface area contributed by atoms with Gasteiger partial charge in [-0.15, -0.1) is 15.3 Å². The summed E-state index contributed by atoms with van der Waals surface area (Å²) < 4.78 is 117. The molecule has 0 amide bonds. The van der Waals surface area contributed by atoms with E-state index in [1.807, 2.05) is 0 Å². The Morgan fingerprint density at radius 2 is 2.07 bits per heavy atom. The zero-order valence-corrected chi connectivity index (χ0v) is 14.1. The van der Waals surface area contributed by atoms with Gasteiger partial charge in [0.25, 0.3) is 0 Å². The van der Waals surface area contributed by atoms with Crippen molar-refractivity contribution in [3.05, 3.63) is 53.9 Å². The molecule has 144 valence electrons.